The van der Waals surface area contributed by atoms with E-state index < -0.39 is 23.4 Å². The van der Waals surface area contributed by atoms with Crippen molar-refractivity contribution in [3.63, 3.8) is 0 Å². The topological polar surface area (TPSA) is 129 Å². The number of nitrogens with one attached hydrogen (secondary N) is 2. The summed E-state index contributed by atoms with van der Waals surface area (Å²) in [5.41, 5.74) is 9.84. The number of hydrogen-bond acceptors (Lipinski definition) is 6. The highest BCUT2D eigenvalue weighted by Crippen LogP contribution is 2.28. The van der Waals surface area contributed by atoms with Crippen LogP contribution in [0.2, 0.25) is 0 Å². The van der Waals surface area contributed by atoms with Crippen molar-refractivity contribution in [3.8, 4) is 0 Å². The molecule has 0 saturated heterocycles. The number of rotatable bonds is 15. The molecule has 0 aliphatic carbocycles. The van der Waals surface area contributed by atoms with Crippen LogP contribution in [0.5, 0.6) is 0 Å². The van der Waals surface area contributed by atoms with E-state index in [0.29, 0.717) is 19.6 Å². The van der Waals surface area contributed by atoms with Gasteiger partial charge in [0.25, 0.3) is 0 Å². The summed E-state index contributed by atoms with van der Waals surface area (Å²) in [6.45, 7) is 12.9. The summed E-state index contributed by atoms with van der Waals surface area (Å²) >= 11 is 0. The predicted molar refractivity (Wildman–Crippen MR) is 131 cm³/mol. The van der Waals surface area contributed by atoms with Crippen molar-refractivity contribution in [2.45, 2.75) is 122 Å². The Morgan fingerprint density at radius 3 is 1.53 bits per heavy atom. The zero-order valence-corrected chi connectivity index (χ0v) is 21.5. The van der Waals surface area contributed by atoms with Crippen LogP contribution in [0.15, 0.2) is 0 Å². The molecule has 0 heterocycles. The molecule has 0 unspecified atom stereocenters. The lowest BCUT2D eigenvalue weighted by atomic mass is 9.82. The highest BCUT2D eigenvalue weighted by Gasteiger charge is 2.32. The van der Waals surface area contributed by atoms with E-state index in [9.17, 15) is 9.59 Å². The van der Waals surface area contributed by atoms with Gasteiger partial charge in [0.05, 0.1) is 0 Å². The van der Waals surface area contributed by atoms with E-state index in [0.717, 1.165) is 64.2 Å². The Hall–Kier alpha value is -1.54. The van der Waals surface area contributed by atoms with Crippen LogP contribution in [0.3, 0.4) is 0 Å². The van der Waals surface area contributed by atoms with Crippen LogP contribution in [0.1, 0.15) is 106 Å². The summed E-state index contributed by atoms with van der Waals surface area (Å²) in [5.74, 6) is 0. The number of carbonyl (C=O) groups excluding carboxylic acids is 2. The number of ether oxygens (including phenoxy) is 2. The average Bonchev–Trinajstić information content (AvgIpc) is 2.63. The first-order valence-electron chi connectivity index (χ1n) is 12.2. The quantitative estimate of drug-likeness (QED) is 0.266. The average molecular weight is 459 g/mol. The standard InChI is InChI=1S/C24H50N4O4/c1-22(2,3)31-20(29)27-19-13-16-24(14-9-7-11-17-25,15-10-8-12-18-26)28-21(30)32-23(4,5)6/h7-19,25-26H2,1-6H3,(H,27,29)(H,28,30). The Labute approximate surface area is 195 Å². The first kappa shape index (κ1) is 30.5. The Bertz CT molecular complexity index is 515. The summed E-state index contributed by atoms with van der Waals surface area (Å²) in [5, 5.41) is 6.02. The molecule has 2 amide bonds. The van der Waals surface area contributed by atoms with Crippen LogP contribution in [0.4, 0.5) is 9.59 Å². The Morgan fingerprint density at radius 1 is 0.656 bits per heavy atom. The highest BCUT2D eigenvalue weighted by atomic mass is 16.6. The second kappa shape index (κ2) is 15.3. The predicted octanol–water partition coefficient (Wildman–Crippen LogP) is 4.59. The Balaban J connectivity index is 5.17. The van der Waals surface area contributed by atoms with Gasteiger partial charge in [-0.1, -0.05) is 25.7 Å². The summed E-state index contributed by atoms with van der Waals surface area (Å²) in [6.07, 6.45) is 8.28. The van der Waals surface area contributed by atoms with Gasteiger partial charge in [0, 0.05) is 12.1 Å². The Morgan fingerprint density at radius 2 is 1.09 bits per heavy atom. The molecule has 0 aliphatic rings. The zero-order chi connectivity index (χ0) is 24.7. The number of amides is 2. The molecule has 0 saturated carbocycles. The number of nitrogens with two attached hydrogens (primary N) is 2. The van der Waals surface area contributed by atoms with Crippen LogP contribution in [0.25, 0.3) is 0 Å². The fraction of sp³-hybridized carbons (Fsp3) is 0.917. The molecule has 0 aromatic heterocycles. The number of hydrogen-bond donors (Lipinski definition) is 4. The van der Waals surface area contributed by atoms with Crippen molar-refractivity contribution >= 4 is 12.2 Å². The minimum absolute atomic E-state index is 0.388. The van der Waals surface area contributed by atoms with Crippen molar-refractivity contribution < 1.29 is 19.1 Å². The van der Waals surface area contributed by atoms with Gasteiger partial charge in [-0.2, -0.15) is 0 Å². The fourth-order valence-electron chi connectivity index (χ4n) is 3.58. The maximum Gasteiger partial charge on any atom is 0.408 e. The molecule has 0 aromatic rings. The zero-order valence-electron chi connectivity index (χ0n) is 21.5. The number of alkyl carbamates (subject to hydrolysis) is 2. The molecule has 32 heavy (non-hydrogen) atoms. The number of unbranched alkanes of at least 4 members (excludes halogenated alkanes) is 4. The summed E-state index contributed by atoms with van der Waals surface area (Å²) in [7, 11) is 0. The van der Waals surface area contributed by atoms with Gasteiger partial charge in [0.15, 0.2) is 0 Å². The third-order valence-corrected chi connectivity index (χ3v) is 4.99. The minimum atomic E-state index is -0.562. The molecule has 0 fully saturated rings. The van der Waals surface area contributed by atoms with E-state index in [1.54, 1.807) is 0 Å². The van der Waals surface area contributed by atoms with Gasteiger partial charge in [-0.05, 0) is 93.2 Å². The molecule has 0 aromatic carbocycles. The second-order valence-electron chi connectivity index (χ2n) is 10.6. The maximum atomic E-state index is 12.7. The van der Waals surface area contributed by atoms with Crippen LogP contribution >= 0.6 is 0 Å². The third-order valence-electron chi connectivity index (χ3n) is 4.99. The van der Waals surface area contributed by atoms with Gasteiger partial charge >= 0.3 is 12.2 Å². The Kier molecular flexibility index (Phi) is 14.6. The van der Waals surface area contributed by atoms with Crippen molar-refractivity contribution in [2.24, 2.45) is 11.5 Å². The van der Waals surface area contributed by atoms with Gasteiger partial charge in [0.2, 0.25) is 0 Å². The molecule has 0 atom stereocenters. The first-order chi connectivity index (χ1) is 14.8. The molecular weight excluding hydrogens is 408 g/mol. The summed E-state index contributed by atoms with van der Waals surface area (Å²) in [4.78, 5) is 24.6. The minimum Gasteiger partial charge on any atom is -0.444 e. The number of carbonyl (C=O) groups is 2. The van der Waals surface area contributed by atoms with Crippen LogP contribution in [-0.4, -0.2) is 48.6 Å². The molecule has 6 N–H and O–H groups in total. The summed E-state index contributed by atoms with van der Waals surface area (Å²) in [6, 6.07) is 0. The van der Waals surface area contributed by atoms with Crippen LogP contribution < -0.4 is 22.1 Å². The van der Waals surface area contributed by atoms with Gasteiger partial charge in [-0.3, -0.25) is 0 Å². The van der Waals surface area contributed by atoms with E-state index >= 15 is 0 Å². The molecular formula is C24H50N4O4. The lowest BCUT2D eigenvalue weighted by molar-refractivity contribution is 0.0419. The van der Waals surface area contributed by atoms with E-state index in [-0.39, 0.29) is 5.54 Å². The summed E-state index contributed by atoms with van der Waals surface area (Å²) < 4.78 is 10.9. The molecule has 0 bridgehead atoms. The molecule has 8 heteroatoms. The van der Waals surface area contributed by atoms with Gasteiger partial charge in [0.1, 0.15) is 11.2 Å². The molecule has 0 radical (unpaired) electrons. The fourth-order valence-corrected chi connectivity index (χ4v) is 3.58. The normalized spacial score (nSPS) is 12.4. The van der Waals surface area contributed by atoms with E-state index in [2.05, 4.69) is 10.6 Å². The van der Waals surface area contributed by atoms with E-state index in [1.165, 1.54) is 0 Å². The highest BCUT2D eigenvalue weighted by molar-refractivity contribution is 5.69. The van der Waals surface area contributed by atoms with E-state index in [1.807, 2.05) is 41.5 Å². The largest absolute Gasteiger partial charge is 0.444 e. The third kappa shape index (κ3) is 17.1. The lowest BCUT2D eigenvalue weighted by Gasteiger charge is -2.36. The first-order valence-corrected chi connectivity index (χ1v) is 12.2. The van der Waals surface area contributed by atoms with Gasteiger partial charge in [-0.15, -0.1) is 0 Å². The monoisotopic (exact) mass is 458 g/mol. The van der Waals surface area contributed by atoms with Crippen LogP contribution in [-0.2, 0) is 9.47 Å². The van der Waals surface area contributed by atoms with E-state index in [4.69, 9.17) is 20.9 Å². The smallest absolute Gasteiger partial charge is 0.408 e. The van der Waals surface area contributed by atoms with Crippen molar-refractivity contribution in [1.82, 2.24) is 10.6 Å². The lowest BCUT2D eigenvalue weighted by Crippen LogP contribution is -2.50. The molecule has 0 spiro atoms. The molecule has 0 rings (SSSR count). The molecule has 8 nitrogen and oxygen atoms in total. The maximum absolute atomic E-state index is 12.7. The second-order valence-corrected chi connectivity index (χ2v) is 10.6. The van der Waals surface area contributed by atoms with Crippen LogP contribution in [0, 0.1) is 0 Å². The molecule has 190 valence electrons. The SMILES string of the molecule is CC(C)(C)OC(=O)NCCCC(CCCCCN)(CCCCCN)NC(=O)OC(C)(C)C. The van der Waals surface area contributed by atoms with Gasteiger partial charge in [-0.25, -0.2) is 9.59 Å². The van der Waals surface area contributed by atoms with Crippen molar-refractivity contribution in [1.29, 1.82) is 0 Å². The van der Waals surface area contributed by atoms with Gasteiger partial charge < -0.3 is 31.6 Å². The van der Waals surface area contributed by atoms with Crippen molar-refractivity contribution in [3.05, 3.63) is 0 Å². The van der Waals surface area contributed by atoms with Crippen molar-refractivity contribution in [2.75, 3.05) is 19.6 Å². The molecule has 0 aliphatic heterocycles.